The number of aromatic nitrogens is 2. The van der Waals surface area contributed by atoms with Gasteiger partial charge in [0.05, 0.1) is 5.69 Å². The molecule has 20 heavy (non-hydrogen) atoms. The zero-order chi connectivity index (χ0) is 14.9. The molecule has 0 atom stereocenters. The van der Waals surface area contributed by atoms with Crippen molar-refractivity contribution in [1.29, 1.82) is 0 Å². The van der Waals surface area contributed by atoms with Crippen molar-refractivity contribution in [3.05, 3.63) is 41.3 Å². The second-order valence-electron chi connectivity index (χ2n) is 4.17. The summed E-state index contributed by atoms with van der Waals surface area (Å²) in [7, 11) is 1.43. The highest BCUT2D eigenvalue weighted by Gasteiger charge is 2.33. The molecule has 7 heteroatoms. The fraction of sp³-hybridized carbons (Fsp3) is 0.231. The van der Waals surface area contributed by atoms with Crippen LogP contribution in [0.15, 0.2) is 24.3 Å². The number of hydrogen-bond donors (Lipinski definition) is 1. The van der Waals surface area contributed by atoms with Crippen molar-refractivity contribution >= 4 is 5.95 Å². The maximum Gasteiger partial charge on any atom is 0.433 e. The highest BCUT2D eigenvalue weighted by atomic mass is 19.4. The van der Waals surface area contributed by atoms with Gasteiger partial charge in [-0.2, -0.15) is 13.2 Å². The molecule has 0 radical (unpaired) electrons. The predicted octanol–water partition coefficient (Wildman–Crippen LogP) is 3.65. The van der Waals surface area contributed by atoms with Crippen LogP contribution in [0.5, 0.6) is 0 Å². The summed E-state index contributed by atoms with van der Waals surface area (Å²) in [5, 5.41) is 2.48. The highest BCUT2D eigenvalue weighted by Crippen LogP contribution is 2.32. The Morgan fingerprint density at radius 3 is 2.35 bits per heavy atom. The minimum Gasteiger partial charge on any atom is -0.357 e. The Hall–Kier alpha value is -2.18. The van der Waals surface area contributed by atoms with Crippen molar-refractivity contribution in [3.8, 4) is 11.3 Å². The SMILES string of the molecule is CNc1nc(-c2ccc(F)cc2C)cc(C(F)(F)F)n1. The molecule has 0 amide bonds. The number of benzene rings is 1. The van der Waals surface area contributed by atoms with Crippen molar-refractivity contribution in [3.63, 3.8) is 0 Å². The molecule has 0 aliphatic heterocycles. The molecule has 3 nitrogen and oxygen atoms in total. The maximum absolute atomic E-state index is 13.1. The number of anilines is 1. The van der Waals surface area contributed by atoms with E-state index in [0.717, 1.165) is 6.07 Å². The van der Waals surface area contributed by atoms with Crippen molar-refractivity contribution in [2.24, 2.45) is 0 Å². The fourth-order valence-electron chi connectivity index (χ4n) is 1.76. The number of nitrogens with one attached hydrogen (secondary N) is 1. The average molecular weight is 285 g/mol. The third kappa shape index (κ3) is 2.87. The molecule has 0 unspecified atom stereocenters. The quantitative estimate of drug-likeness (QED) is 0.856. The molecular formula is C13H11F4N3. The van der Waals surface area contributed by atoms with E-state index in [1.54, 1.807) is 6.92 Å². The number of alkyl halides is 3. The number of halogens is 4. The van der Waals surface area contributed by atoms with Gasteiger partial charge in [-0.25, -0.2) is 14.4 Å². The molecule has 0 aliphatic rings. The van der Waals surface area contributed by atoms with E-state index in [9.17, 15) is 17.6 Å². The van der Waals surface area contributed by atoms with E-state index in [-0.39, 0.29) is 11.6 Å². The van der Waals surface area contributed by atoms with Crippen LogP contribution in [0.3, 0.4) is 0 Å². The number of aryl methyl sites for hydroxylation is 1. The lowest BCUT2D eigenvalue weighted by Gasteiger charge is -2.11. The van der Waals surface area contributed by atoms with E-state index in [2.05, 4.69) is 15.3 Å². The minimum atomic E-state index is -4.57. The molecule has 0 fully saturated rings. The van der Waals surface area contributed by atoms with E-state index >= 15 is 0 Å². The van der Waals surface area contributed by atoms with E-state index in [1.807, 2.05) is 0 Å². The lowest BCUT2D eigenvalue weighted by molar-refractivity contribution is -0.141. The second-order valence-corrected chi connectivity index (χ2v) is 4.17. The van der Waals surface area contributed by atoms with Gasteiger partial charge in [0.25, 0.3) is 0 Å². The molecule has 1 aromatic heterocycles. The first-order valence-corrected chi connectivity index (χ1v) is 5.72. The van der Waals surface area contributed by atoms with Gasteiger partial charge in [-0.05, 0) is 36.8 Å². The van der Waals surface area contributed by atoms with Crippen molar-refractivity contribution in [2.75, 3.05) is 12.4 Å². The third-order valence-electron chi connectivity index (χ3n) is 2.70. The molecule has 0 spiro atoms. The Morgan fingerprint density at radius 1 is 1.10 bits per heavy atom. The van der Waals surface area contributed by atoms with Crippen LogP contribution in [-0.2, 0) is 6.18 Å². The van der Waals surface area contributed by atoms with Gasteiger partial charge in [0, 0.05) is 12.6 Å². The molecule has 2 rings (SSSR count). The van der Waals surface area contributed by atoms with Crippen molar-refractivity contribution < 1.29 is 17.6 Å². The van der Waals surface area contributed by atoms with Gasteiger partial charge < -0.3 is 5.32 Å². The molecule has 0 bridgehead atoms. The average Bonchev–Trinajstić information content (AvgIpc) is 2.37. The zero-order valence-electron chi connectivity index (χ0n) is 10.7. The Kier molecular flexibility index (Phi) is 3.61. The summed E-state index contributed by atoms with van der Waals surface area (Å²) in [6.07, 6.45) is -4.57. The molecule has 0 saturated heterocycles. The van der Waals surface area contributed by atoms with Crippen molar-refractivity contribution in [2.45, 2.75) is 13.1 Å². The molecule has 1 heterocycles. The Balaban J connectivity index is 2.61. The van der Waals surface area contributed by atoms with Crippen LogP contribution in [0.25, 0.3) is 11.3 Å². The van der Waals surface area contributed by atoms with Gasteiger partial charge in [-0.3, -0.25) is 0 Å². The fourth-order valence-corrected chi connectivity index (χ4v) is 1.76. The molecular weight excluding hydrogens is 274 g/mol. The maximum atomic E-state index is 13.1. The molecule has 0 saturated carbocycles. The predicted molar refractivity (Wildman–Crippen MR) is 66.7 cm³/mol. The minimum absolute atomic E-state index is 0.0918. The largest absolute Gasteiger partial charge is 0.433 e. The molecule has 106 valence electrons. The van der Waals surface area contributed by atoms with Crippen LogP contribution in [0.2, 0.25) is 0 Å². The molecule has 2 aromatic rings. The lowest BCUT2D eigenvalue weighted by Crippen LogP contribution is -2.11. The zero-order valence-corrected chi connectivity index (χ0v) is 10.7. The summed E-state index contributed by atoms with van der Waals surface area (Å²) in [5.74, 6) is -0.594. The first-order valence-electron chi connectivity index (χ1n) is 5.72. The summed E-state index contributed by atoms with van der Waals surface area (Å²) in [6, 6.07) is 4.66. The summed E-state index contributed by atoms with van der Waals surface area (Å²) < 4.78 is 51.4. The van der Waals surface area contributed by atoms with Crippen LogP contribution in [-0.4, -0.2) is 17.0 Å². The standard InChI is InChI=1S/C13H11F4N3/c1-7-5-8(14)3-4-9(7)10-6-11(13(15,16)17)20-12(18-2)19-10/h3-6H,1-2H3,(H,18,19,20). The first-order chi connectivity index (χ1) is 9.31. The van der Waals surface area contributed by atoms with E-state index in [4.69, 9.17) is 0 Å². The number of hydrogen-bond acceptors (Lipinski definition) is 3. The highest BCUT2D eigenvalue weighted by molar-refractivity contribution is 5.64. The van der Waals surface area contributed by atoms with E-state index in [0.29, 0.717) is 11.1 Å². The number of nitrogens with zero attached hydrogens (tertiary/aromatic N) is 2. The lowest BCUT2D eigenvalue weighted by atomic mass is 10.0. The van der Waals surface area contributed by atoms with Gasteiger partial charge in [0.2, 0.25) is 5.95 Å². The van der Waals surface area contributed by atoms with Gasteiger partial charge >= 0.3 is 6.18 Å². The Bertz CT molecular complexity index is 638. The Labute approximate surface area is 112 Å². The van der Waals surface area contributed by atoms with Crippen LogP contribution in [0.1, 0.15) is 11.3 Å². The van der Waals surface area contributed by atoms with Gasteiger partial charge in [0.1, 0.15) is 5.82 Å². The summed E-state index contributed by atoms with van der Waals surface area (Å²) >= 11 is 0. The first kappa shape index (κ1) is 14.2. The summed E-state index contributed by atoms with van der Waals surface area (Å²) in [5.41, 5.74) is -0.0283. The topological polar surface area (TPSA) is 37.8 Å². The van der Waals surface area contributed by atoms with Gasteiger partial charge in [-0.15, -0.1) is 0 Å². The van der Waals surface area contributed by atoms with Crippen LogP contribution >= 0.6 is 0 Å². The van der Waals surface area contributed by atoms with E-state index < -0.39 is 17.7 Å². The molecule has 1 N–H and O–H groups in total. The smallest absolute Gasteiger partial charge is 0.357 e. The Morgan fingerprint density at radius 2 is 1.80 bits per heavy atom. The van der Waals surface area contributed by atoms with E-state index in [1.165, 1.54) is 25.2 Å². The molecule has 1 aromatic carbocycles. The van der Waals surface area contributed by atoms with Crippen LogP contribution < -0.4 is 5.32 Å². The monoisotopic (exact) mass is 285 g/mol. The van der Waals surface area contributed by atoms with Crippen LogP contribution in [0, 0.1) is 12.7 Å². The second kappa shape index (κ2) is 5.07. The van der Waals surface area contributed by atoms with Gasteiger partial charge in [0.15, 0.2) is 5.69 Å². The summed E-state index contributed by atoms with van der Waals surface area (Å²) in [6.45, 7) is 1.60. The normalized spacial score (nSPS) is 11.5. The molecule has 0 aliphatic carbocycles. The van der Waals surface area contributed by atoms with Gasteiger partial charge in [-0.1, -0.05) is 0 Å². The third-order valence-corrected chi connectivity index (χ3v) is 2.70. The number of rotatable bonds is 2. The van der Waals surface area contributed by atoms with Crippen molar-refractivity contribution in [1.82, 2.24) is 9.97 Å². The summed E-state index contributed by atoms with van der Waals surface area (Å²) in [4.78, 5) is 7.36. The van der Waals surface area contributed by atoms with Crippen LogP contribution in [0.4, 0.5) is 23.5 Å².